The Morgan fingerprint density at radius 3 is 2.59 bits per heavy atom. The highest BCUT2D eigenvalue weighted by atomic mass is 79.9. The molecule has 0 amide bonds. The van der Waals surface area contributed by atoms with Crippen LogP contribution in [0.5, 0.6) is 0 Å². The quantitative estimate of drug-likeness (QED) is 0.632. The third-order valence-corrected chi connectivity index (χ3v) is 4.84. The van der Waals surface area contributed by atoms with Gasteiger partial charge in [0.25, 0.3) is 0 Å². The molecular weight excluding hydrogens is 406 g/mol. The Balaban J connectivity index is 1.88. The average Bonchev–Trinajstić information content (AvgIpc) is 3.10. The zero-order valence-corrected chi connectivity index (χ0v) is 14.9. The Labute approximate surface area is 145 Å². The van der Waals surface area contributed by atoms with Crippen LogP contribution in [0.1, 0.15) is 5.56 Å². The summed E-state index contributed by atoms with van der Waals surface area (Å²) in [6.07, 6.45) is 1.01. The highest BCUT2D eigenvalue weighted by molar-refractivity contribution is 9.10. The number of nitrogens with one attached hydrogen (secondary N) is 1. The summed E-state index contributed by atoms with van der Waals surface area (Å²) >= 11 is 7.02. The van der Waals surface area contributed by atoms with Crippen molar-refractivity contribution in [2.24, 2.45) is 0 Å². The van der Waals surface area contributed by atoms with Gasteiger partial charge in [0.1, 0.15) is 5.82 Å². The topological polar surface area (TPSA) is 29.9 Å². The number of fused-ring (bicyclic) bond motifs is 1. The molecule has 1 aliphatic rings. The molecule has 110 valence electrons. The lowest BCUT2D eigenvalue weighted by Gasteiger charge is -2.06. The Morgan fingerprint density at radius 2 is 1.82 bits per heavy atom. The molecule has 1 aliphatic heterocycles. The van der Waals surface area contributed by atoms with Crippen LogP contribution < -0.4 is 5.32 Å². The third kappa shape index (κ3) is 2.38. The summed E-state index contributed by atoms with van der Waals surface area (Å²) in [5.74, 6) is 1.11. The molecule has 0 fully saturated rings. The Hall–Kier alpha value is -1.59. The molecule has 0 spiro atoms. The van der Waals surface area contributed by atoms with E-state index in [0.717, 1.165) is 44.7 Å². The van der Waals surface area contributed by atoms with Crippen molar-refractivity contribution in [2.45, 2.75) is 6.42 Å². The first-order chi connectivity index (χ1) is 10.7. The van der Waals surface area contributed by atoms with Crippen LogP contribution in [0.2, 0.25) is 0 Å². The lowest BCUT2D eigenvalue weighted by molar-refractivity contribution is 0.882. The van der Waals surface area contributed by atoms with E-state index in [-0.39, 0.29) is 0 Å². The highest BCUT2D eigenvalue weighted by Gasteiger charge is 2.23. The van der Waals surface area contributed by atoms with Gasteiger partial charge >= 0.3 is 0 Å². The number of hydrogen-bond donors (Lipinski definition) is 1. The standard InChI is InChI=1S/C17H13Br2N3/c18-12-6-4-11(5-7-12)16-15-8-9-20-17(15)22(21-16)14-3-1-2-13(19)10-14/h1-7,10,20H,8-9H2. The van der Waals surface area contributed by atoms with Gasteiger partial charge in [-0.2, -0.15) is 5.10 Å². The molecule has 3 aromatic rings. The molecule has 0 unspecified atom stereocenters. The van der Waals surface area contributed by atoms with Crippen LogP contribution in [0.15, 0.2) is 57.5 Å². The number of benzene rings is 2. The molecule has 3 nitrogen and oxygen atoms in total. The van der Waals surface area contributed by atoms with Crippen molar-refractivity contribution < 1.29 is 0 Å². The molecule has 0 saturated carbocycles. The SMILES string of the molecule is Brc1ccc(-c2nn(-c3cccc(Br)c3)c3c2CCN3)cc1. The summed E-state index contributed by atoms with van der Waals surface area (Å²) in [6.45, 7) is 0.963. The molecule has 0 bridgehead atoms. The van der Waals surface area contributed by atoms with Gasteiger partial charge in [0.05, 0.1) is 11.4 Å². The molecule has 2 aromatic carbocycles. The minimum absolute atomic E-state index is 0.963. The van der Waals surface area contributed by atoms with E-state index in [1.54, 1.807) is 0 Å². The Kier molecular flexibility index (Phi) is 3.54. The number of hydrogen-bond acceptors (Lipinski definition) is 2. The fourth-order valence-electron chi connectivity index (χ4n) is 2.81. The summed E-state index contributed by atoms with van der Waals surface area (Å²) < 4.78 is 4.14. The smallest absolute Gasteiger partial charge is 0.133 e. The fourth-order valence-corrected chi connectivity index (χ4v) is 3.46. The predicted octanol–water partition coefficient (Wildman–Crippen LogP) is 5.03. The van der Waals surface area contributed by atoms with E-state index in [1.165, 1.54) is 5.56 Å². The number of halogens is 2. The van der Waals surface area contributed by atoms with E-state index >= 15 is 0 Å². The van der Waals surface area contributed by atoms with Crippen molar-refractivity contribution in [3.05, 3.63) is 63.0 Å². The summed E-state index contributed by atoms with van der Waals surface area (Å²) in [5, 5.41) is 8.33. The van der Waals surface area contributed by atoms with E-state index in [4.69, 9.17) is 5.10 Å². The molecule has 1 aromatic heterocycles. The maximum Gasteiger partial charge on any atom is 0.133 e. The van der Waals surface area contributed by atoms with Gasteiger partial charge in [-0.15, -0.1) is 0 Å². The molecule has 5 heteroatoms. The van der Waals surface area contributed by atoms with Gasteiger partial charge in [0.2, 0.25) is 0 Å². The largest absolute Gasteiger partial charge is 0.369 e. The normalized spacial score (nSPS) is 13.0. The monoisotopic (exact) mass is 417 g/mol. The van der Waals surface area contributed by atoms with Crippen molar-refractivity contribution in [1.82, 2.24) is 9.78 Å². The van der Waals surface area contributed by atoms with Gasteiger partial charge in [-0.05, 0) is 36.8 Å². The average molecular weight is 419 g/mol. The van der Waals surface area contributed by atoms with E-state index in [0.29, 0.717) is 0 Å². The van der Waals surface area contributed by atoms with Crippen LogP contribution in [-0.4, -0.2) is 16.3 Å². The van der Waals surface area contributed by atoms with Gasteiger partial charge in [0.15, 0.2) is 0 Å². The molecule has 4 rings (SSSR count). The number of anilines is 1. The maximum atomic E-state index is 4.86. The van der Waals surface area contributed by atoms with Gasteiger partial charge in [-0.25, -0.2) is 4.68 Å². The number of rotatable bonds is 2. The summed E-state index contributed by atoms with van der Waals surface area (Å²) in [4.78, 5) is 0. The molecule has 1 N–H and O–H groups in total. The van der Waals surface area contributed by atoms with E-state index in [9.17, 15) is 0 Å². The minimum Gasteiger partial charge on any atom is -0.369 e. The van der Waals surface area contributed by atoms with Crippen LogP contribution in [0.25, 0.3) is 16.9 Å². The zero-order chi connectivity index (χ0) is 15.1. The second-order valence-electron chi connectivity index (χ2n) is 5.25. The Morgan fingerprint density at radius 1 is 1.00 bits per heavy atom. The van der Waals surface area contributed by atoms with Crippen LogP contribution in [0, 0.1) is 0 Å². The van der Waals surface area contributed by atoms with Gasteiger partial charge in [0, 0.05) is 26.6 Å². The summed E-state index contributed by atoms with van der Waals surface area (Å²) in [6, 6.07) is 16.5. The summed E-state index contributed by atoms with van der Waals surface area (Å²) in [5.41, 5.74) is 4.56. The van der Waals surface area contributed by atoms with Crippen LogP contribution in [-0.2, 0) is 6.42 Å². The molecular formula is C17H13Br2N3. The first kappa shape index (κ1) is 14.0. The second-order valence-corrected chi connectivity index (χ2v) is 7.08. The zero-order valence-electron chi connectivity index (χ0n) is 11.7. The van der Waals surface area contributed by atoms with Gasteiger partial charge < -0.3 is 5.32 Å². The van der Waals surface area contributed by atoms with Crippen LogP contribution in [0.3, 0.4) is 0 Å². The molecule has 22 heavy (non-hydrogen) atoms. The van der Waals surface area contributed by atoms with E-state index in [1.807, 2.05) is 16.8 Å². The first-order valence-corrected chi connectivity index (χ1v) is 8.68. The van der Waals surface area contributed by atoms with E-state index in [2.05, 4.69) is 73.6 Å². The minimum atomic E-state index is 0.963. The lowest BCUT2D eigenvalue weighted by Crippen LogP contribution is -2.04. The summed E-state index contributed by atoms with van der Waals surface area (Å²) in [7, 11) is 0. The number of nitrogens with zero attached hydrogens (tertiary/aromatic N) is 2. The van der Waals surface area contributed by atoms with Gasteiger partial charge in [-0.3, -0.25) is 0 Å². The lowest BCUT2D eigenvalue weighted by atomic mass is 10.1. The molecule has 0 saturated heterocycles. The molecule has 0 aliphatic carbocycles. The second kappa shape index (κ2) is 5.56. The van der Waals surface area contributed by atoms with Crippen LogP contribution >= 0.6 is 31.9 Å². The molecule has 0 radical (unpaired) electrons. The van der Waals surface area contributed by atoms with E-state index < -0.39 is 0 Å². The maximum absolute atomic E-state index is 4.86. The fraction of sp³-hybridized carbons (Fsp3) is 0.118. The van der Waals surface area contributed by atoms with Crippen LogP contribution in [0.4, 0.5) is 5.82 Å². The third-order valence-electron chi connectivity index (χ3n) is 3.82. The van der Waals surface area contributed by atoms with Crippen molar-refractivity contribution in [3.63, 3.8) is 0 Å². The van der Waals surface area contributed by atoms with Crippen molar-refractivity contribution in [3.8, 4) is 16.9 Å². The number of aromatic nitrogens is 2. The molecule has 0 atom stereocenters. The highest BCUT2D eigenvalue weighted by Crippen LogP contribution is 2.35. The molecule has 2 heterocycles. The van der Waals surface area contributed by atoms with Crippen molar-refractivity contribution in [2.75, 3.05) is 11.9 Å². The Bertz CT molecular complexity index is 838. The van der Waals surface area contributed by atoms with Crippen molar-refractivity contribution >= 4 is 37.7 Å². The predicted molar refractivity (Wildman–Crippen MR) is 96.6 cm³/mol. The van der Waals surface area contributed by atoms with Crippen molar-refractivity contribution in [1.29, 1.82) is 0 Å². The first-order valence-electron chi connectivity index (χ1n) is 7.10. The van der Waals surface area contributed by atoms with Gasteiger partial charge in [-0.1, -0.05) is 50.1 Å².